The van der Waals surface area contributed by atoms with E-state index in [1.165, 1.54) is 12.1 Å². The van der Waals surface area contributed by atoms with Crippen LogP contribution in [0.5, 0.6) is 0 Å². The van der Waals surface area contributed by atoms with E-state index in [0.29, 0.717) is 11.5 Å². The van der Waals surface area contributed by atoms with Crippen molar-refractivity contribution in [2.24, 2.45) is 5.92 Å². The Kier molecular flexibility index (Phi) is 5.95. The largest absolute Gasteiger partial charge is 0.336 e. The van der Waals surface area contributed by atoms with Gasteiger partial charge in [-0.05, 0) is 50.1 Å². The van der Waals surface area contributed by atoms with E-state index in [0.717, 1.165) is 56.2 Å². The minimum Gasteiger partial charge on any atom is -0.336 e. The van der Waals surface area contributed by atoms with Gasteiger partial charge in [-0.25, -0.2) is 9.07 Å². The van der Waals surface area contributed by atoms with Gasteiger partial charge < -0.3 is 9.80 Å². The SMILES string of the molecule is CCN1CCN(C(=O)c2c(CC(C)C)nn(-c3ccc(F)cc3)c2C)CC1. The van der Waals surface area contributed by atoms with Gasteiger partial charge in [-0.1, -0.05) is 20.8 Å². The third kappa shape index (κ3) is 4.21. The Morgan fingerprint density at radius 3 is 2.33 bits per heavy atom. The number of rotatable bonds is 5. The van der Waals surface area contributed by atoms with Crippen molar-refractivity contribution in [3.05, 3.63) is 47.0 Å². The number of carbonyl (C=O) groups is 1. The topological polar surface area (TPSA) is 41.4 Å². The highest BCUT2D eigenvalue weighted by molar-refractivity contribution is 5.96. The normalized spacial score (nSPS) is 15.6. The molecule has 2 heterocycles. The quantitative estimate of drug-likeness (QED) is 0.809. The lowest BCUT2D eigenvalue weighted by Gasteiger charge is -2.34. The standard InChI is InChI=1S/C21H29FN4O/c1-5-24-10-12-25(13-11-24)21(27)20-16(4)26(23-19(20)14-15(2)3)18-8-6-17(22)7-9-18/h6-9,15H,5,10-14H2,1-4H3. The molecule has 27 heavy (non-hydrogen) atoms. The Balaban J connectivity index is 1.95. The molecule has 1 aliphatic rings. The van der Waals surface area contributed by atoms with Crippen molar-refractivity contribution >= 4 is 5.91 Å². The fourth-order valence-electron chi connectivity index (χ4n) is 3.63. The molecule has 1 aromatic heterocycles. The lowest BCUT2D eigenvalue weighted by molar-refractivity contribution is 0.0641. The number of halogens is 1. The molecule has 1 aliphatic heterocycles. The smallest absolute Gasteiger partial charge is 0.257 e. The van der Waals surface area contributed by atoms with E-state index in [1.807, 2.05) is 11.8 Å². The van der Waals surface area contributed by atoms with Crippen LogP contribution in [0.25, 0.3) is 5.69 Å². The summed E-state index contributed by atoms with van der Waals surface area (Å²) in [4.78, 5) is 17.6. The van der Waals surface area contributed by atoms with Crippen LogP contribution in [0.15, 0.2) is 24.3 Å². The van der Waals surface area contributed by atoms with Gasteiger partial charge in [-0.3, -0.25) is 4.79 Å². The molecule has 6 heteroatoms. The number of hydrogen-bond donors (Lipinski definition) is 0. The molecule has 0 unspecified atom stereocenters. The predicted octanol–water partition coefficient (Wildman–Crippen LogP) is 3.30. The first kappa shape index (κ1) is 19.5. The Hall–Kier alpha value is -2.21. The molecule has 0 saturated carbocycles. The van der Waals surface area contributed by atoms with Crippen molar-refractivity contribution < 1.29 is 9.18 Å². The van der Waals surface area contributed by atoms with Crippen molar-refractivity contribution in [1.29, 1.82) is 0 Å². The Morgan fingerprint density at radius 2 is 1.78 bits per heavy atom. The van der Waals surface area contributed by atoms with E-state index in [1.54, 1.807) is 16.8 Å². The van der Waals surface area contributed by atoms with Crippen LogP contribution in [-0.4, -0.2) is 58.2 Å². The van der Waals surface area contributed by atoms with E-state index in [2.05, 4.69) is 25.7 Å². The first-order valence-corrected chi connectivity index (χ1v) is 9.76. The molecule has 0 aliphatic carbocycles. The van der Waals surface area contributed by atoms with E-state index in [-0.39, 0.29) is 11.7 Å². The second-order valence-corrected chi connectivity index (χ2v) is 7.62. The summed E-state index contributed by atoms with van der Waals surface area (Å²) >= 11 is 0. The van der Waals surface area contributed by atoms with Crippen LogP contribution in [-0.2, 0) is 6.42 Å². The molecule has 3 rings (SSSR count). The zero-order chi connectivity index (χ0) is 19.6. The van der Waals surface area contributed by atoms with Crippen molar-refractivity contribution in [1.82, 2.24) is 19.6 Å². The zero-order valence-electron chi connectivity index (χ0n) is 16.7. The first-order chi connectivity index (χ1) is 12.9. The molecular formula is C21H29FN4O. The van der Waals surface area contributed by atoms with Gasteiger partial charge in [-0.2, -0.15) is 5.10 Å². The average molecular weight is 372 g/mol. The summed E-state index contributed by atoms with van der Waals surface area (Å²) in [5.41, 5.74) is 3.13. The number of nitrogens with zero attached hydrogens (tertiary/aromatic N) is 4. The summed E-state index contributed by atoms with van der Waals surface area (Å²) in [7, 11) is 0. The van der Waals surface area contributed by atoms with Gasteiger partial charge in [0.1, 0.15) is 5.82 Å². The second kappa shape index (κ2) is 8.21. The van der Waals surface area contributed by atoms with E-state index >= 15 is 0 Å². The maximum absolute atomic E-state index is 13.3. The summed E-state index contributed by atoms with van der Waals surface area (Å²) in [6.07, 6.45) is 0.741. The van der Waals surface area contributed by atoms with Gasteiger partial charge in [0.25, 0.3) is 5.91 Å². The molecule has 0 atom stereocenters. The minimum atomic E-state index is -0.281. The summed E-state index contributed by atoms with van der Waals surface area (Å²) in [6.45, 7) is 12.7. The molecule has 0 bridgehead atoms. The highest BCUT2D eigenvalue weighted by Gasteiger charge is 2.28. The number of carbonyl (C=O) groups excluding carboxylic acids is 1. The first-order valence-electron chi connectivity index (χ1n) is 9.76. The van der Waals surface area contributed by atoms with Crippen LogP contribution in [0.4, 0.5) is 4.39 Å². The fourth-order valence-corrected chi connectivity index (χ4v) is 3.63. The second-order valence-electron chi connectivity index (χ2n) is 7.62. The van der Waals surface area contributed by atoms with Gasteiger partial charge in [-0.15, -0.1) is 0 Å². The molecule has 0 N–H and O–H groups in total. The lowest BCUT2D eigenvalue weighted by atomic mass is 10.0. The van der Waals surface area contributed by atoms with Crippen LogP contribution >= 0.6 is 0 Å². The average Bonchev–Trinajstić information content (AvgIpc) is 2.97. The highest BCUT2D eigenvalue weighted by Crippen LogP contribution is 2.23. The summed E-state index contributed by atoms with van der Waals surface area (Å²) < 4.78 is 15.1. The van der Waals surface area contributed by atoms with Crippen molar-refractivity contribution in [3.8, 4) is 5.69 Å². The van der Waals surface area contributed by atoms with Crippen LogP contribution in [0.3, 0.4) is 0 Å². The van der Waals surface area contributed by atoms with Crippen LogP contribution in [0, 0.1) is 18.7 Å². The predicted molar refractivity (Wildman–Crippen MR) is 105 cm³/mol. The number of aromatic nitrogens is 2. The third-order valence-electron chi connectivity index (χ3n) is 5.18. The van der Waals surface area contributed by atoms with E-state index < -0.39 is 0 Å². The number of likely N-dealkylation sites (N-methyl/N-ethyl adjacent to an activating group) is 1. The third-order valence-corrected chi connectivity index (χ3v) is 5.18. The van der Waals surface area contributed by atoms with Crippen LogP contribution in [0.2, 0.25) is 0 Å². The summed E-state index contributed by atoms with van der Waals surface area (Å²) in [6, 6.07) is 6.24. The molecule has 2 aromatic rings. The van der Waals surface area contributed by atoms with E-state index in [4.69, 9.17) is 5.10 Å². The van der Waals surface area contributed by atoms with Gasteiger partial charge >= 0.3 is 0 Å². The Morgan fingerprint density at radius 1 is 1.15 bits per heavy atom. The maximum Gasteiger partial charge on any atom is 0.257 e. The van der Waals surface area contributed by atoms with Gasteiger partial charge in [0.05, 0.1) is 22.6 Å². The molecule has 1 amide bonds. The molecule has 146 valence electrons. The number of hydrogen-bond acceptors (Lipinski definition) is 3. The molecule has 1 aromatic carbocycles. The molecule has 1 saturated heterocycles. The zero-order valence-corrected chi connectivity index (χ0v) is 16.7. The number of piperazine rings is 1. The maximum atomic E-state index is 13.3. The van der Waals surface area contributed by atoms with Crippen molar-refractivity contribution in [3.63, 3.8) is 0 Å². The lowest BCUT2D eigenvalue weighted by Crippen LogP contribution is -2.48. The fraction of sp³-hybridized carbons (Fsp3) is 0.524. The van der Waals surface area contributed by atoms with Crippen LogP contribution < -0.4 is 0 Å². The number of amides is 1. The Labute approximate surface area is 160 Å². The van der Waals surface area contributed by atoms with Gasteiger partial charge in [0.15, 0.2) is 0 Å². The Bertz CT molecular complexity index is 789. The van der Waals surface area contributed by atoms with E-state index in [9.17, 15) is 9.18 Å². The molecule has 5 nitrogen and oxygen atoms in total. The van der Waals surface area contributed by atoms with Gasteiger partial charge in [0.2, 0.25) is 0 Å². The summed E-state index contributed by atoms with van der Waals surface area (Å²) in [5, 5.41) is 4.73. The van der Waals surface area contributed by atoms with Crippen molar-refractivity contribution in [2.75, 3.05) is 32.7 Å². The summed E-state index contributed by atoms with van der Waals surface area (Å²) in [5.74, 6) is 0.174. The van der Waals surface area contributed by atoms with Gasteiger partial charge in [0, 0.05) is 26.2 Å². The highest BCUT2D eigenvalue weighted by atomic mass is 19.1. The molecular weight excluding hydrogens is 343 g/mol. The monoisotopic (exact) mass is 372 g/mol. The number of benzene rings is 1. The molecule has 1 fully saturated rings. The minimum absolute atomic E-state index is 0.0623. The molecule has 0 spiro atoms. The van der Waals surface area contributed by atoms with Crippen LogP contribution in [0.1, 0.15) is 42.5 Å². The van der Waals surface area contributed by atoms with Crippen molar-refractivity contribution in [2.45, 2.75) is 34.1 Å². The molecule has 0 radical (unpaired) electrons.